The van der Waals surface area contributed by atoms with Crippen LogP contribution in [0.3, 0.4) is 0 Å². The number of carbonyl (C=O) groups excluding carboxylic acids is 2. The number of hydrogen-bond donors (Lipinski definition) is 2. The van der Waals surface area contributed by atoms with Crippen LogP contribution >= 0.6 is 27.3 Å². The van der Waals surface area contributed by atoms with Crippen molar-refractivity contribution < 1.29 is 9.59 Å². The minimum absolute atomic E-state index is 0.120. The number of halogens is 1. The van der Waals surface area contributed by atoms with E-state index in [9.17, 15) is 9.59 Å². The van der Waals surface area contributed by atoms with Gasteiger partial charge in [0.05, 0.1) is 23.5 Å². The zero-order valence-electron chi connectivity index (χ0n) is 15.0. The Bertz CT molecular complexity index is 1050. The molecule has 0 aliphatic carbocycles. The van der Waals surface area contributed by atoms with Gasteiger partial charge >= 0.3 is 6.03 Å². The molecule has 1 saturated heterocycles. The highest BCUT2D eigenvalue weighted by atomic mass is 79.9. The number of aromatic nitrogens is 3. The molecule has 0 bridgehead atoms. The lowest BCUT2D eigenvalue weighted by molar-refractivity contribution is -0.115. The van der Waals surface area contributed by atoms with Gasteiger partial charge < -0.3 is 10.6 Å². The van der Waals surface area contributed by atoms with Crippen LogP contribution in [0, 0.1) is 6.92 Å². The van der Waals surface area contributed by atoms with Gasteiger partial charge in [0.1, 0.15) is 5.82 Å². The maximum Gasteiger partial charge on any atom is 0.323 e. The first kappa shape index (κ1) is 18.6. The zero-order chi connectivity index (χ0) is 19.7. The molecule has 0 radical (unpaired) electrons. The summed E-state index contributed by atoms with van der Waals surface area (Å²) in [7, 11) is 0. The summed E-state index contributed by atoms with van der Waals surface area (Å²) in [6, 6.07) is 9.35. The van der Waals surface area contributed by atoms with Gasteiger partial charge in [-0.1, -0.05) is 22.0 Å². The van der Waals surface area contributed by atoms with Crippen LogP contribution in [-0.2, 0) is 11.2 Å². The van der Waals surface area contributed by atoms with Gasteiger partial charge in [-0.15, -0.1) is 11.3 Å². The van der Waals surface area contributed by atoms with Crippen molar-refractivity contribution in [3.63, 3.8) is 0 Å². The van der Waals surface area contributed by atoms with Crippen LogP contribution in [0.15, 0.2) is 40.2 Å². The van der Waals surface area contributed by atoms with E-state index in [1.807, 2.05) is 37.3 Å². The molecule has 0 spiro atoms. The molecule has 3 amide bonds. The molecule has 1 aliphatic rings. The summed E-state index contributed by atoms with van der Waals surface area (Å²) in [5.41, 5.74) is 2.27. The summed E-state index contributed by atoms with van der Waals surface area (Å²) in [6.07, 6.45) is 0.120. The Hall–Kier alpha value is -2.72. The van der Waals surface area contributed by atoms with E-state index in [2.05, 4.69) is 36.6 Å². The minimum Gasteiger partial charge on any atom is -0.336 e. The third kappa shape index (κ3) is 3.92. The topological polar surface area (TPSA) is 92.2 Å². The number of aryl methyl sites for hydroxylation is 1. The third-order valence-electron chi connectivity index (χ3n) is 4.12. The predicted octanol–water partition coefficient (Wildman–Crippen LogP) is 3.11. The number of anilines is 2. The lowest BCUT2D eigenvalue weighted by Crippen LogP contribution is -2.27. The lowest BCUT2D eigenvalue weighted by atomic mass is 10.3. The molecule has 3 aromatic rings. The van der Waals surface area contributed by atoms with Crippen molar-refractivity contribution in [1.29, 1.82) is 0 Å². The van der Waals surface area contributed by atoms with Crippen molar-refractivity contribution in [2.24, 2.45) is 0 Å². The van der Waals surface area contributed by atoms with Crippen LogP contribution in [0.2, 0.25) is 0 Å². The summed E-state index contributed by atoms with van der Waals surface area (Å²) in [5, 5.41) is 12.5. The number of nitrogens with one attached hydrogen (secondary N) is 2. The van der Waals surface area contributed by atoms with Crippen LogP contribution in [0.25, 0.3) is 5.69 Å². The fourth-order valence-corrected chi connectivity index (χ4v) is 4.14. The average molecular weight is 461 g/mol. The van der Waals surface area contributed by atoms with E-state index >= 15 is 0 Å². The fraction of sp³-hybridized carbons (Fsp3) is 0.222. The molecule has 0 atom stereocenters. The van der Waals surface area contributed by atoms with Crippen molar-refractivity contribution in [1.82, 2.24) is 20.1 Å². The van der Waals surface area contributed by atoms with Gasteiger partial charge in [-0.25, -0.2) is 14.5 Å². The molecule has 144 valence electrons. The van der Waals surface area contributed by atoms with Gasteiger partial charge in [0.25, 0.3) is 0 Å². The monoisotopic (exact) mass is 460 g/mol. The van der Waals surface area contributed by atoms with Crippen molar-refractivity contribution in [3.05, 3.63) is 51.6 Å². The highest BCUT2D eigenvalue weighted by Gasteiger charge is 2.24. The lowest BCUT2D eigenvalue weighted by Gasteiger charge is -2.09. The Morgan fingerprint density at radius 2 is 2.25 bits per heavy atom. The van der Waals surface area contributed by atoms with Gasteiger partial charge in [-0.3, -0.25) is 9.69 Å². The highest BCUT2D eigenvalue weighted by Crippen LogP contribution is 2.23. The van der Waals surface area contributed by atoms with Crippen LogP contribution in [0.4, 0.5) is 15.7 Å². The van der Waals surface area contributed by atoms with E-state index in [0.29, 0.717) is 29.7 Å². The Balaban J connectivity index is 1.48. The molecule has 2 aromatic heterocycles. The molecule has 8 nitrogen and oxygen atoms in total. The Morgan fingerprint density at radius 3 is 3.00 bits per heavy atom. The zero-order valence-corrected chi connectivity index (χ0v) is 17.4. The van der Waals surface area contributed by atoms with Crippen LogP contribution in [0.1, 0.15) is 11.4 Å². The molecule has 1 aromatic carbocycles. The fourth-order valence-electron chi connectivity index (χ4n) is 2.90. The number of rotatable bonds is 5. The van der Waals surface area contributed by atoms with Gasteiger partial charge in [0, 0.05) is 29.0 Å². The maximum absolute atomic E-state index is 12.5. The molecule has 28 heavy (non-hydrogen) atoms. The van der Waals surface area contributed by atoms with Crippen molar-refractivity contribution in [2.45, 2.75) is 13.3 Å². The van der Waals surface area contributed by atoms with E-state index in [1.165, 1.54) is 11.3 Å². The highest BCUT2D eigenvalue weighted by molar-refractivity contribution is 9.10. The third-order valence-corrected chi connectivity index (χ3v) is 5.53. The molecular weight excluding hydrogens is 444 g/mol. The maximum atomic E-state index is 12.5. The molecule has 1 fully saturated rings. The molecule has 0 saturated carbocycles. The number of benzene rings is 1. The van der Waals surface area contributed by atoms with Crippen molar-refractivity contribution in [3.8, 4) is 5.69 Å². The normalized spacial score (nSPS) is 13.6. The first-order valence-corrected chi connectivity index (χ1v) is 10.3. The summed E-state index contributed by atoms with van der Waals surface area (Å²) >= 11 is 4.81. The summed E-state index contributed by atoms with van der Waals surface area (Å²) in [6.45, 7) is 3.06. The SMILES string of the molecule is Cc1cc(NC(=O)Cc2csc(N3CCNC3=O)n2)n(-c2cccc(Br)c2)n1. The largest absolute Gasteiger partial charge is 0.336 e. The average Bonchev–Trinajstić information content (AvgIpc) is 3.35. The number of thiazole rings is 1. The second-order valence-electron chi connectivity index (χ2n) is 6.29. The molecule has 0 unspecified atom stereocenters. The number of urea groups is 1. The van der Waals surface area contributed by atoms with Gasteiger partial charge in [0.15, 0.2) is 5.13 Å². The number of amides is 3. The Morgan fingerprint density at radius 1 is 1.39 bits per heavy atom. The quantitative estimate of drug-likeness (QED) is 0.611. The van der Waals surface area contributed by atoms with E-state index in [0.717, 1.165) is 15.9 Å². The first-order chi connectivity index (χ1) is 13.5. The predicted molar refractivity (Wildman–Crippen MR) is 111 cm³/mol. The molecule has 1 aliphatic heterocycles. The van der Waals surface area contributed by atoms with E-state index in [1.54, 1.807) is 15.0 Å². The van der Waals surface area contributed by atoms with Gasteiger partial charge in [0.2, 0.25) is 5.91 Å². The Kier molecular flexibility index (Phi) is 5.14. The van der Waals surface area contributed by atoms with Crippen LogP contribution in [0.5, 0.6) is 0 Å². The summed E-state index contributed by atoms with van der Waals surface area (Å²) in [5.74, 6) is 0.397. The Labute approximate surface area is 173 Å². The van der Waals surface area contributed by atoms with Crippen molar-refractivity contribution in [2.75, 3.05) is 23.3 Å². The standard InChI is InChI=1S/C18H17BrN6O2S/c1-11-7-15(25(23-11)14-4-2-3-12(19)8-14)22-16(26)9-13-10-28-18(21-13)24-6-5-20-17(24)27/h2-4,7-8,10H,5-6,9H2,1H3,(H,20,27)(H,22,26). The first-order valence-electron chi connectivity index (χ1n) is 8.62. The van der Waals surface area contributed by atoms with Crippen LogP contribution in [-0.4, -0.2) is 39.8 Å². The van der Waals surface area contributed by atoms with E-state index < -0.39 is 0 Å². The second-order valence-corrected chi connectivity index (χ2v) is 8.04. The van der Waals surface area contributed by atoms with Gasteiger partial charge in [-0.2, -0.15) is 5.10 Å². The molecule has 2 N–H and O–H groups in total. The van der Waals surface area contributed by atoms with Crippen LogP contribution < -0.4 is 15.5 Å². The minimum atomic E-state index is -0.195. The molecule has 4 rings (SSSR count). The molecule has 3 heterocycles. The number of nitrogens with zero attached hydrogens (tertiary/aromatic N) is 4. The van der Waals surface area contributed by atoms with E-state index in [-0.39, 0.29) is 18.4 Å². The molecule has 10 heteroatoms. The van der Waals surface area contributed by atoms with Gasteiger partial charge in [-0.05, 0) is 25.1 Å². The number of carbonyl (C=O) groups is 2. The summed E-state index contributed by atoms with van der Waals surface area (Å²) < 4.78 is 2.62. The smallest absolute Gasteiger partial charge is 0.323 e. The van der Waals surface area contributed by atoms with E-state index in [4.69, 9.17) is 0 Å². The molecular formula is C18H17BrN6O2S. The second kappa shape index (κ2) is 7.72. The van der Waals surface area contributed by atoms with Crippen molar-refractivity contribution >= 4 is 50.2 Å². The summed E-state index contributed by atoms with van der Waals surface area (Å²) in [4.78, 5) is 30.3. The number of hydrogen-bond acceptors (Lipinski definition) is 5.